The normalized spacial score (nSPS) is 24.6. The Bertz CT molecular complexity index is 409. The van der Waals surface area contributed by atoms with E-state index in [1.807, 2.05) is 11.3 Å². The molecule has 0 amide bonds. The van der Waals surface area contributed by atoms with E-state index in [1.165, 1.54) is 42.8 Å². The fraction of sp³-hybridized carbons (Fsp3) is 0.833. The van der Waals surface area contributed by atoms with Crippen LogP contribution in [0.15, 0.2) is 5.38 Å². The van der Waals surface area contributed by atoms with Crippen LogP contribution in [0.4, 0.5) is 0 Å². The molecule has 1 aliphatic rings. The second-order valence-corrected chi connectivity index (χ2v) is 7.97. The van der Waals surface area contributed by atoms with Crippen molar-refractivity contribution in [3.8, 4) is 0 Å². The van der Waals surface area contributed by atoms with Gasteiger partial charge in [-0.25, -0.2) is 4.98 Å². The number of rotatable bonds is 9. The summed E-state index contributed by atoms with van der Waals surface area (Å²) in [6.45, 7) is 10.2. The van der Waals surface area contributed by atoms with Gasteiger partial charge in [0.25, 0.3) is 0 Å². The molecule has 2 unspecified atom stereocenters. The summed E-state index contributed by atoms with van der Waals surface area (Å²) < 4.78 is 0. The van der Waals surface area contributed by atoms with Crippen molar-refractivity contribution in [2.24, 2.45) is 17.8 Å². The molecule has 0 spiro atoms. The topological polar surface area (TPSA) is 24.9 Å². The van der Waals surface area contributed by atoms with E-state index in [2.05, 4.69) is 38.4 Å². The molecular formula is C18H32N2S. The van der Waals surface area contributed by atoms with E-state index in [9.17, 15) is 0 Å². The van der Waals surface area contributed by atoms with E-state index in [0.717, 1.165) is 36.8 Å². The molecule has 21 heavy (non-hydrogen) atoms. The van der Waals surface area contributed by atoms with Gasteiger partial charge in [0.1, 0.15) is 5.01 Å². The second-order valence-electron chi connectivity index (χ2n) is 7.03. The molecule has 0 saturated heterocycles. The van der Waals surface area contributed by atoms with Gasteiger partial charge in [0, 0.05) is 18.0 Å². The van der Waals surface area contributed by atoms with Crippen LogP contribution in [-0.4, -0.2) is 11.0 Å². The lowest BCUT2D eigenvalue weighted by atomic mass is 9.72. The summed E-state index contributed by atoms with van der Waals surface area (Å²) in [5.74, 6) is 2.62. The van der Waals surface area contributed by atoms with Gasteiger partial charge in [-0.3, -0.25) is 0 Å². The Morgan fingerprint density at radius 1 is 1.33 bits per heavy atom. The van der Waals surface area contributed by atoms with Crippen molar-refractivity contribution < 1.29 is 0 Å². The van der Waals surface area contributed by atoms with Crippen molar-refractivity contribution in [1.29, 1.82) is 0 Å². The van der Waals surface area contributed by atoms with Crippen LogP contribution in [-0.2, 0) is 13.0 Å². The molecule has 1 aliphatic carbocycles. The summed E-state index contributed by atoms with van der Waals surface area (Å²) in [4.78, 5) is 4.77. The van der Waals surface area contributed by atoms with Crippen LogP contribution in [0.2, 0.25) is 0 Å². The van der Waals surface area contributed by atoms with Crippen molar-refractivity contribution in [3.63, 3.8) is 0 Å². The minimum Gasteiger partial charge on any atom is -0.308 e. The molecule has 3 heteroatoms. The molecule has 1 N–H and O–H groups in total. The molecule has 1 aromatic rings. The Morgan fingerprint density at radius 3 is 2.76 bits per heavy atom. The molecule has 2 atom stereocenters. The fourth-order valence-corrected chi connectivity index (χ4v) is 4.00. The smallest absolute Gasteiger partial charge is 0.107 e. The first-order chi connectivity index (χ1) is 10.1. The Morgan fingerprint density at radius 2 is 2.10 bits per heavy atom. The SMILES string of the molecule is CCCC(C)C1CC(NCc2nc(CC(C)CC)cs2)C1. The summed E-state index contributed by atoms with van der Waals surface area (Å²) in [7, 11) is 0. The van der Waals surface area contributed by atoms with E-state index in [1.54, 1.807) is 0 Å². The fourth-order valence-electron chi connectivity index (χ4n) is 3.24. The number of nitrogens with one attached hydrogen (secondary N) is 1. The minimum absolute atomic E-state index is 0.733. The largest absolute Gasteiger partial charge is 0.308 e. The number of nitrogens with zero attached hydrogens (tertiary/aromatic N) is 1. The molecule has 120 valence electrons. The quantitative estimate of drug-likeness (QED) is 0.691. The maximum atomic E-state index is 4.77. The van der Waals surface area contributed by atoms with Crippen LogP contribution >= 0.6 is 11.3 Å². The van der Waals surface area contributed by atoms with E-state index in [-0.39, 0.29) is 0 Å². The average Bonchev–Trinajstić information content (AvgIpc) is 2.84. The van der Waals surface area contributed by atoms with Crippen molar-refractivity contribution >= 4 is 11.3 Å². The highest BCUT2D eigenvalue weighted by Crippen LogP contribution is 2.36. The van der Waals surface area contributed by atoms with E-state index in [0.29, 0.717) is 0 Å². The first kappa shape index (κ1) is 17.0. The lowest BCUT2D eigenvalue weighted by Crippen LogP contribution is -2.43. The predicted molar refractivity (Wildman–Crippen MR) is 92.7 cm³/mol. The van der Waals surface area contributed by atoms with Crippen LogP contribution < -0.4 is 5.32 Å². The van der Waals surface area contributed by atoms with Crippen molar-refractivity contribution in [2.45, 2.75) is 78.8 Å². The first-order valence-electron chi connectivity index (χ1n) is 8.79. The zero-order valence-electron chi connectivity index (χ0n) is 14.2. The minimum atomic E-state index is 0.733. The number of hydrogen-bond acceptors (Lipinski definition) is 3. The monoisotopic (exact) mass is 308 g/mol. The van der Waals surface area contributed by atoms with Gasteiger partial charge in [-0.15, -0.1) is 11.3 Å². The second kappa shape index (κ2) is 8.28. The van der Waals surface area contributed by atoms with Crippen LogP contribution in [0, 0.1) is 17.8 Å². The van der Waals surface area contributed by atoms with Gasteiger partial charge < -0.3 is 5.32 Å². The van der Waals surface area contributed by atoms with E-state index < -0.39 is 0 Å². The molecule has 0 bridgehead atoms. The molecule has 1 saturated carbocycles. The third kappa shape index (κ3) is 5.07. The van der Waals surface area contributed by atoms with Gasteiger partial charge in [0.2, 0.25) is 0 Å². The third-order valence-electron chi connectivity index (χ3n) is 5.12. The van der Waals surface area contributed by atoms with Gasteiger partial charge in [-0.05, 0) is 37.0 Å². The third-order valence-corrected chi connectivity index (χ3v) is 6.02. The van der Waals surface area contributed by atoms with Crippen LogP contribution in [0.3, 0.4) is 0 Å². The number of thiazole rings is 1. The molecular weight excluding hydrogens is 276 g/mol. The lowest BCUT2D eigenvalue weighted by Gasteiger charge is -2.39. The maximum Gasteiger partial charge on any atom is 0.107 e. The van der Waals surface area contributed by atoms with Gasteiger partial charge >= 0.3 is 0 Å². The highest BCUT2D eigenvalue weighted by Gasteiger charge is 2.32. The highest BCUT2D eigenvalue weighted by molar-refractivity contribution is 7.09. The van der Waals surface area contributed by atoms with Crippen molar-refractivity contribution in [1.82, 2.24) is 10.3 Å². The summed E-state index contributed by atoms with van der Waals surface area (Å²) in [6, 6.07) is 0.733. The van der Waals surface area contributed by atoms with Gasteiger partial charge in [0.05, 0.1) is 5.69 Å². The zero-order valence-corrected chi connectivity index (χ0v) is 15.0. The molecule has 0 aliphatic heterocycles. The molecule has 0 radical (unpaired) electrons. The zero-order chi connectivity index (χ0) is 15.2. The molecule has 1 aromatic heterocycles. The standard InChI is InChI=1S/C18H32N2S/c1-5-7-14(4)15-9-16(10-15)19-11-18-20-17(12-21-18)8-13(3)6-2/h12-16,19H,5-11H2,1-4H3. The summed E-state index contributed by atoms with van der Waals surface area (Å²) in [6.07, 6.45) is 7.83. The van der Waals surface area contributed by atoms with Crippen molar-refractivity contribution in [2.75, 3.05) is 0 Å². The van der Waals surface area contributed by atoms with Crippen LogP contribution in [0.1, 0.15) is 70.5 Å². The number of hydrogen-bond donors (Lipinski definition) is 1. The molecule has 0 aromatic carbocycles. The maximum absolute atomic E-state index is 4.77. The molecule has 2 nitrogen and oxygen atoms in total. The Labute approximate surface area is 134 Å². The van der Waals surface area contributed by atoms with Gasteiger partial charge in [-0.2, -0.15) is 0 Å². The van der Waals surface area contributed by atoms with Crippen molar-refractivity contribution in [3.05, 3.63) is 16.1 Å². The van der Waals surface area contributed by atoms with E-state index >= 15 is 0 Å². The molecule has 1 heterocycles. The van der Waals surface area contributed by atoms with Gasteiger partial charge in [-0.1, -0.05) is 47.0 Å². The molecule has 2 rings (SSSR count). The lowest BCUT2D eigenvalue weighted by molar-refractivity contribution is 0.151. The Hall–Kier alpha value is -0.410. The summed E-state index contributed by atoms with van der Waals surface area (Å²) in [5, 5.41) is 7.20. The first-order valence-corrected chi connectivity index (χ1v) is 9.66. The number of aromatic nitrogens is 1. The van der Waals surface area contributed by atoms with Gasteiger partial charge in [0.15, 0.2) is 0 Å². The predicted octanol–water partition coefficient (Wildman–Crippen LogP) is 5.04. The van der Waals surface area contributed by atoms with Crippen LogP contribution in [0.25, 0.3) is 0 Å². The average molecular weight is 309 g/mol. The Kier molecular flexibility index (Phi) is 6.69. The van der Waals surface area contributed by atoms with E-state index in [4.69, 9.17) is 4.98 Å². The van der Waals surface area contributed by atoms with Crippen LogP contribution in [0.5, 0.6) is 0 Å². The Balaban J connectivity index is 1.66. The molecule has 1 fully saturated rings. The summed E-state index contributed by atoms with van der Waals surface area (Å²) in [5.41, 5.74) is 1.29. The summed E-state index contributed by atoms with van der Waals surface area (Å²) >= 11 is 1.82. The highest BCUT2D eigenvalue weighted by atomic mass is 32.1.